The van der Waals surface area contributed by atoms with E-state index in [1.807, 2.05) is 13.8 Å². The Morgan fingerprint density at radius 3 is 2.25 bits per heavy atom. The van der Waals surface area contributed by atoms with Crippen LogP contribution >= 0.6 is 15.9 Å². The van der Waals surface area contributed by atoms with Crippen LogP contribution in [0.3, 0.4) is 0 Å². The molecular weight excluding hydrogens is 352 g/mol. The predicted molar refractivity (Wildman–Crippen MR) is 75.9 cm³/mol. The lowest BCUT2D eigenvalue weighted by Crippen LogP contribution is -2.47. The van der Waals surface area contributed by atoms with Crippen LogP contribution in [0.2, 0.25) is 0 Å². The smallest absolute Gasteiger partial charge is 0.207 e. The van der Waals surface area contributed by atoms with Crippen LogP contribution in [0.1, 0.15) is 33.1 Å². The number of sulfonamides is 1. The van der Waals surface area contributed by atoms with E-state index in [-0.39, 0.29) is 16.6 Å². The van der Waals surface area contributed by atoms with Crippen molar-refractivity contribution in [2.45, 2.75) is 50.1 Å². The lowest BCUT2D eigenvalue weighted by atomic mass is 10.0. The summed E-state index contributed by atoms with van der Waals surface area (Å²) in [6.07, 6.45) is 2.43. The van der Waals surface area contributed by atoms with Crippen molar-refractivity contribution in [3.63, 3.8) is 0 Å². The number of halogens is 3. The molecule has 112 valence electrons. The molecule has 0 unspecified atom stereocenters. The minimum atomic E-state index is -3.99. The Bertz CT molecular complexity index is 588. The van der Waals surface area contributed by atoms with Crippen molar-refractivity contribution < 1.29 is 17.2 Å². The molecule has 0 amide bonds. The highest BCUT2D eigenvalue weighted by Crippen LogP contribution is 2.34. The van der Waals surface area contributed by atoms with E-state index in [0.29, 0.717) is 6.07 Å². The molecule has 1 aromatic carbocycles. The Balaban J connectivity index is 2.55. The molecule has 0 aliphatic carbocycles. The molecule has 0 radical (unpaired) electrons. The third-order valence-electron chi connectivity index (χ3n) is 3.61. The average Bonchev–Trinajstić information content (AvgIpc) is 2.25. The number of benzene rings is 1. The molecule has 7 heteroatoms. The molecule has 2 atom stereocenters. The van der Waals surface area contributed by atoms with Crippen molar-refractivity contribution in [3.05, 3.63) is 28.2 Å². The van der Waals surface area contributed by atoms with Crippen LogP contribution in [0.5, 0.6) is 0 Å². The van der Waals surface area contributed by atoms with Crippen LogP contribution in [-0.2, 0) is 10.0 Å². The molecule has 1 aromatic rings. The Morgan fingerprint density at radius 1 is 1.20 bits per heavy atom. The Hall–Kier alpha value is -0.530. The second kappa shape index (κ2) is 5.69. The summed E-state index contributed by atoms with van der Waals surface area (Å²) in [6, 6.07) is 1.17. The average molecular weight is 368 g/mol. The summed E-state index contributed by atoms with van der Waals surface area (Å²) in [7, 11) is -3.99. The topological polar surface area (TPSA) is 37.4 Å². The molecular formula is C13H16BrF2NO2S. The molecule has 0 bridgehead atoms. The number of hydrogen-bond acceptors (Lipinski definition) is 2. The maximum absolute atomic E-state index is 13.9. The first kappa shape index (κ1) is 15.9. The first-order chi connectivity index (χ1) is 9.25. The molecule has 0 spiro atoms. The van der Waals surface area contributed by atoms with E-state index >= 15 is 0 Å². The molecule has 1 fully saturated rings. The van der Waals surface area contributed by atoms with E-state index in [9.17, 15) is 17.2 Å². The van der Waals surface area contributed by atoms with Gasteiger partial charge < -0.3 is 0 Å². The van der Waals surface area contributed by atoms with Crippen LogP contribution in [0.15, 0.2) is 21.5 Å². The van der Waals surface area contributed by atoms with Crippen LogP contribution in [-0.4, -0.2) is 24.8 Å². The van der Waals surface area contributed by atoms with Crippen LogP contribution < -0.4 is 0 Å². The summed E-state index contributed by atoms with van der Waals surface area (Å²) in [5.41, 5.74) is 0. The molecule has 20 heavy (non-hydrogen) atoms. The zero-order valence-corrected chi connectivity index (χ0v) is 13.6. The second-order valence-corrected chi connectivity index (χ2v) is 7.80. The molecule has 2 rings (SSSR count). The lowest BCUT2D eigenvalue weighted by molar-refractivity contribution is 0.203. The van der Waals surface area contributed by atoms with Gasteiger partial charge in [0, 0.05) is 22.6 Å². The van der Waals surface area contributed by atoms with Gasteiger partial charge in [0.15, 0.2) is 0 Å². The van der Waals surface area contributed by atoms with Crippen LogP contribution in [0.4, 0.5) is 8.78 Å². The van der Waals surface area contributed by atoms with E-state index in [2.05, 4.69) is 15.9 Å². The highest BCUT2D eigenvalue weighted by atomic mass is 79.9. The fourth-order valence-corrected chi connectivity index (χ4v) is 5.75. The summed E-state index contributed by atoms with van der Waals surface area (Å²) in [6.45, 7) is 3.62. The van der Waals surface area contributed by atoms with Gasteiger partial charge in [-0.3, -0.25) is 0 Å². The maximum atomic E-state index is 13.9. The third-order valence-corrected chi connectivity index (χ3v) is 6.70. The monoisotopic (exact) mass is 367 g/mol. The van der Waals surface area contributed by atoms with Gasteiger partial charge in [0.25, 0.3) is 0 Å². The maximum Gasteiger partial charge on any atom is 0.247 e. The summed E-state index contributed by atoms with van der Waals surface area (Å²) in [5, 5.41) is 0. The quantitative estimate of drug-likeness (QED) is 0.799. The lowest BCUT2D eigenvalue weighted by Gasteiger charge is -2.37. The SMILES string of the molecule is C[C@@H]1CCC[C@H](C)N1S(=O)(=O)c1c(F)cc(F)cc1Br. The molecule has 3 nitrogen and oxygen atoms in total. The fraction of sp³-hybridized carbons (Fsp3) is 0.538. The molecule has 1 saturated heterocycles. The largest absolute Gasteiger partial charge is 0.247 e. The minimum Gasteiger partial charge on any atom is -0.207 e. The standard InChI is InChI=1S/C13H16BrF2NO2S/c1-8-4-3-5-9(2)17(8)20(18,19)13-11(14)6-10(15)7-12(13)16/h6-9H,3-5H2,1-2H3/t8-,9+. The van der Waals surface area contributed by atoms with Gasteiger partial charge in [-0.2, -0.15) is 4.31 Å². The van der Waals surface area contributed by atoms with Gasteiger partial charge in [-0.25, -0.2) is 17.2 Å². The summed E-state index contributed by atoms with van der Waals surface area (Å²) in [5.74, 6) is -1.88. The van der Waals surface area contributed by atoms with E-state index in [1.54, 1.807) is 0 Å². The molecule has 0 saturated carbocycles. The number of nitrogens with zero attached hydrogens (tertiary/aromatic N) is 1. The van der Waals surface area contributed by atoms with E-state index in [0.717, 1.165) is 25.3 Å². The van der Waals surface area contributed by atoms with E-state index in [4.69, 9.17) is 0 Å². The van der Waals surface area contributed by atoms with Gasteiger partial charge >= 0.3 is 0 Å². The van der Waals surface area contributed by atoms with Crippen molar-refractivity contribution in [2.24, 2.45) is 0 Å². The van der Waals surface area contributed by atoms with Crippen molar-refractivity contribution in [1.29, 1.82) is 0 Å². The molecule has 0 N–H and O–H groups in total. The van der Waals surface area contributed by atoms with Crippen molar-refractivity contribution >= 4 is 26.0 Å². The highest BCUT2D eigenvalue weighted by molar-refractivity contribution is 9.10. The summed E-state index contributed by atoms with van der Waals surface area (Å²) < 4.78 is 53.7. The van der Waals surface area contributed by atoms with Crippen molar-refractivity contribution in [3.8, 4) is 0 Å². The number of rotatable bonds is 2. The van der Waals surface area contributed by atoms with Gasteiger partial charge in [0.2, 0.25) is 10.0 Å². The van der Waals surface area contributed by atoms with E-state index < -0.39 is 26.6 Å². The minimum absolute atomic E-state index is 0.0834. The molecule has 1 heterocycles. The number of hydrogen-bond donors (Lipinski definition) is 0. The Morgan fingerprint density at radius 2 is 1.75 bits per heavy atom. The first-order valence-corrected chi connectivity index (χ1v) is 8.66. The highest BCUT2D eigenvalue weighted by Gasteiger charge is 2.38. The second-order valence-electron chi connectivity index (χ2n) is 5.16. The van der Waals surface area contributed by atoms with Crippen molar-refractivity contribution in [1.82, 2.24) is 4.31 Å². The zero-order valence-electron chi connectivity index (χ0n) is 11.2. The van der Waals surface area contributed by atoms with Crippen LogP contribution in [0.25, 0.3) is 0 Å². The van der Waals surface area contributed by atoms with Gasteiger partial charge in [0.05, 0.1) is 0 Å². The first-order valence-electron chi connectivity index (χ1n) is 6.43. The molecule has 1 aliphatic rings. The fourth-order valence-electron chi connectivity index (χ4n) is 2.75. The van der Waals surface area contributed by atoms with Gasteiger partial charge in [-0.15, -0.1) is 0 Å². The molecule has 1 aliphatic heterocycles. The van der Waals surface area contributed by atoms with E-state index in [1.165, 1.54) is 4.31 Å². The van der Waals surface area contributed by atoms with Crippen molar-refractivity contribution in [2.75, 3.05) is 0 Å². The Labute approximate surface area is 126 Å². The summed E-state index contributed by atoms with van der Waals surface area (Å²) in [4.78, 5) is -0.487. The normalized spacial score (nSPS) is 24.9. The van der Waals surface area contributed by atoms with Gasteiger partial charge in [-0.05, 0) is 48.7 Å². The van der Waals surface area contributed by atoms with Gasteiger partial charge in [0.1, 0.15) is 16.5 Å². The van der Waals surface area contributed by atoms with Crippen LogP contribution in [0, 0.1) is 11.6 Å². The molecule has 0 aromatic heterocycles. The summed E-state index contributed by atoms with van der Waals surface area (Å²) >= 11 is 2.95. The van der Waals surface area contributed by atoms with Gasteiger partial charge in [-0.1, -0.05) is 6.42 Å². The zero-order chi connectivity index (χ0) is 15.1. The Kier molecular flexibility index (Phi) is 4.51. The third kappa shape index (κ3) is 2.76. The number of piperidine rings is 1. The predicted octanol–water partition coefficient (Wildman–Crippen LogP) is 3.68.